The average molecular weight is 303 g/mol. The molecule has 0 spiro atoms. The van der Waals surface area contributed by atoms with Gasteiger partial charge in [0, 0.05) is 4.90 Å². The third-order valence-electron chi connectivity index (χ3n) is 2.00. The van der Waals surface area contributed by atoms with Gasteiger partial charge in [-0.25, -0.2) is 4.98 Å². The van der Waals surface area contributed by atoms with Crippen molar-refractivity contribution >= 4 is 44.4 Å². The second kappa shape index (κ2) is 5.07. The number of amides is 1. The molecule has 1 aromatic heterocycles. The summed E-state index contributed by atoms with van der Waals surface area (Å²) in [5.74, 6) is -2.06. The normalized spacial score (nSPS) is 11.3. The van der Waals surface area contributed by atoms with Crippen molar-refractivity contribution in [3.05, 3.63) is 18.2 Å². The molecule has 0 aliphatic carbocycles. The van der Waals surface area contributed by atoms with Gasteiger partial charge in [-0.05, 0) is 30.0 Å². The van der Waals surface area contributed by atoms with Crippen LogP contribution in [0, 0.1) is 10.7 Å². The van der Waals surface area contributed by atoms with Crippen molar-refractivity contribution < 1.29 is 18.0 Å². The van der Waals surface area contributed by atoms with Crippen LogP contribution in [0.15, 0.2) is 23.1 Å². The number of alkyl halides is 3. The van der Waals surface area contributed by atoms with Crippen LogP contribution in [0.1, 0.15) is 0 Å². The summed E-state index contributed by atoms with van der Waals surface area (Å²) < 4.78 is 36.8. The third kappa shape index (κ3) is 3.15. The molecule has 2 aromatic rings. The van der Waals surface area contributed by atoms with E-state index in [1.165, 1.54) is 0 Å². The zero-order valence-electron chi connectivity index (χ0n) is 8.99. The summed E-state index contributed by atoms with van der Waals surface area (Å²) in [5.41, 5.74) is 0.463. The summed E-state index contributed by atoms with van der Waals surface area (Å²) >= 11 is 1.85. The number of benzene rings is 1. The molecule has 4 nitrogen and oxygen atoms in total. The first kappa shape index (κ1) is 13.6. The molecule has 1 amide bonds. The van der Waals surface area contributed by atoms with E-state index in [4.69, 9.17) is 5.26 Å². The molecule has 1 N–H and O–H groups in total. The monoisotopic (exact) mass is 303 g/mol. The number of thioether (sulfide) groups is 1. The second-order valence-corrected chi connectivity index (χ2v) is 5.18. The molecule has 0 aliphatic heterocycles. The highest BCUT2D eigenvalue weighted by Crippen LogP contribution is 2.30. The number of halogens is 3. The average Bonchev–Trinajstić information content (AvgIpc) is 2.69. The molecule has 98 valence electrons. The topological polar surface area (TPSA) is 65.8 Å². The zero-order valence-corrected chi connectivity index (χ0v) is 10.6. The molecule has 2 rings (SSSR count). The third-order valence-corrected chi connectivity index (χ3v) is 3.52. The Morgan fingerprint density at radius 2 is 2.21 bits per heavy atom. The lowest BCUT2D eigenvalue weighted by atomic mass is 10.3. The minimum absolute atomic E-state index is 0.128. The van der Waals surface area contributed by atoms with Crippen LogP contribution in [0.5, 0.6) is 0 Å². The first-order valence-electron chi connectivity index (χ1n) is 4.75. The summed E-state index contributed by atoms with van der Waals surface area (Å²) in [6.45, 7) is 0. The van der Waals surface area contributed by atoms with Crippen molar-refractivity contribution in [3.63, 3.8) is 0 Å². The molecule has 0 saturated heterocycles. The molecule has 0 radical (unpaired) electrons. The Hall–Kier alpha value is -1.79. The smallest absolute Gasteiger partial charge is 0.294 e. The number of nitriles is 1. The fourth-order valence-corrected chi connectivity index (χ4v) is 2.64. The number of hydrogen-bond acceptors (Lipinski definition) is 5. The van der Waals surface area contributed by atoms with E-state index in [2.05, 4.69) is 4.98 Å². The minimum atomic E-state index is -4.94. The van der Waals surface area contributed by atoms with Gasteiger partial charge in [0.05, 0.1) is 10.2 Å². The first-order valence-corrected chi connectivity index (χ1v) is 6.38. The number of aromatic nitrogens is 1. The number of rotatable bonds is 2. The Morgan fingerprint density at radius 3 is 2.84 bits per heavy atom. The van der Waals surface area contributed by atoms with Crippen LogP contribution in [0.3, 0.4) is 0 Å². The number of nitrogens with zero attached hydrogens (tertiary/aromatic N) is 2. The Bertz CT molecular complexity index is 675. The van der Waals surface area contributed by atoms with Crippen LogP contribution in [0.2, 0.25) is 0 Å². The van der Waals surface area contributed by atoms with E-state index in [9.17, 15) is 18.0 Å². The maximum Gasteiger partial charge on any atom is 0.471 e. The van der Waals surface area contributed by atoms with E-state index in [-0.39, 0.29) is 5.13 Å². The van der Waals surface area contributed by atoms with Crippen LogP contribution in [0.25, 0.3) is 10.2 Å². The number of carbonyl (C=O) groups is 1. The number of anilines is 1. The van der Waals surface area contributed by atoms with E-state index in [0.717, 1.165) is 23.1 Å². The molecule has 9 heteroatoms. The maximum atomic E-state index is 12.1. The summed E-state index contributed by atoms with van der Waals surface area (Å²) in [4.78, 5) is 15.3. The van der Waals surface area contributed by atoms with Crippen molar-refractivity contribution in [2.24, 2.45) is 0 Å². The van der Waals surface area contributed by atoms with Gasteiger partial charge in [-0.15, -0.1) is 0 Å². The lowest BCUT2D eigenvalue weighted by Crippen LogP contribution is -2.29. The predicted molar refractivity (Wildman–Crippen MR) is 65.8 cm³/mol. The molecule has 0 unspecified atom stereocenters. The van der Waals surface area contributed by atoms with Gasteiger partial charge in [0.25, 0.3) is 0 Å². The van der Waals surface area contributed by atoms with Crippen LogP contribution in [-0.4, -0.2) is 17.1 Å². The quantitative estimate of drug-likeness (QED) is 0.682. The molecule has 0 aliphatic rings. The highest BCUT2D eigenvalue weighted by atomic mass is 32.2. The van der Waals surface area contributed by atoms with E-state index >= 15 is 0 Å². The summed E-state index contributed by atoms with van der Waals surface area (Å²) in [5, 5.41) is 12.0. The summed E-state index contributed by atoms with van der Waals surface area (Å²) in [6, 6.07) is 4.84. The van der Waals surface area contributed by atoms with E-state index < -0.39 is 12.1 Å². The Morgan fingerprint density at radius 1 is 1.47 bits per heavy atom. The molecule has 1 heterocycles. The van der Waals surface area contributed by atoms with Crippen LogP contribution >= 0.6 is 23.1 Å². The van der Waals surface area contributed by atoms with E-state index in [0.29, 0.717) is 15.1 Å². The van der Waals surface area contributed by atoms with Crippen molar-refractivity contribution in [3.8, 4) is 5.40 Å². The molecule has 19 heavy (non-hydrogen) atoms. The number of hydrogen-bond donors (Lipinski definition) is 1. The minimum Gasteiger partial charge on any atom is -0.294 e. The Labute approximate surface area is 113 Å². The first-order chi connectivity index (χ1) is 8.90. The largest absolute Gasteiger partial charge is 0.471 e. The zero-order chi connectivity index (χ0) is 14.0. The highest BCUT2D eigenvalue weighted by Gasteiger charge is 2.39. The van der Waals surface area contributed by atoms with Crippen molar-refractivity contribution in [2.45, 2.75) is 11.1 Å². The molecule has 0 fully saturated rings. The van der Waals surface area contributed by atoms with Gasteiger partial charge in [0.2, 0.25) is 0 Å². The van der Waals surface area contributed by atoms with Gasteiger partial charge in [0.15, 0.2) is 5.13 Å². The molecule has 1 aromatic carbocycles. The fourth-order valence-electron chi connectivity index (χ4n) is 1.24. The number of thiazole rings is 1. The maximum absolute atomic E-state index is 12.1. The number of carbonyl (C=O) groups excluding carboxylic acids is 1. The van der Waals surface area contributed by atoms with Gasteiger partial charge in [0.1, 0.15) is 5.40 Å². The van der Waals surface area contributed by atoms with Gasteiger partial charge < -0.3 is 0 Å². The molecule has 0 atom stereocenters. The van der Waals surface area contributed by atoms with Gasteiger partial charge >= 0.3 is 12.1 Å². The summed E-state index contributed by atoms with van der Waals surface area (Å²) in [7, 11) is 0. The van der Waals surface area contributed by atoms with Crippen molar-refractivity contribution in [2.75, 3.05) is 5.32 Å². The summed E-state index contributed by atoms with van der Waals surface area (Å²) in [6.07, 6.45) is -4.94. The second-order valence-electron chi connectivity index (χ2n) is 3.29. The highest BCUT2D eigenvalue weighted by molar-refractivity contribution is 8.03. The van der Waals surface area contributed by atoms with Gasteiger partial charge in [-0.1, -0.05) is 11.3 Å². The lowest BCUT2D eigenvalue weighted by Gasteiger charge is -2.03. The molecular formula is C10H4F3N3OS2. The molecular weight excluding hydrogens is 299 g/mol. The molecule has 0 saturated carbocycles. The molecule has 0 bridgehead atoms. The van der Waals surface area contributed by atoms with Gasteiger partial charge in [-0.2, -0.15) is 18.4 Å². The standard InChI is InChI=1S/C10H4F3N3OS2/c11-10(12,13)8(17)16-9-15-6-2-1-5(18-4-14)3-7(6)19-9/h1-3H,(H,15,16,17). The lowest BCUT2D eigenvalue weighted by molar-refractivity contribution is -0.167. The van der Waals surface area contributed by atoms with Crippen LogP contribution in [-0.2, 0) is 4.79 Å². The Kier molecular flexibility index (Phi) is 3.64. The fraction of sp³-hybridized carbons (Fsp3) is 0.100. The van der Waals surface area contributed by atoms with E-state index in [1.54, 1.807) is 23.5 Å². The van der Waals surface area contributed by atoms with Crippen molar-refractivity contribution in [1.82, 2.24) is 4.98 Å². The van der Waals surface area contributed by atoms with Crippen LogP contribution < -0.4 is 5.32 Å². The van der Waals surface area contributed by atoms with Crippen molar-refractivity contribution in [1.29, 1.82) is 5.26 Å². The SMILES string of the molecule is N#CSc1ccc2nc(NC(=O)C(F)(F)F)sc2c1. The number of fused-ring (bicyclic) bond motifs is 1. The Balaban J connectivity index is 2.27. The predicted octanol–water partition coefficient (Wildman–Crippen LogP) is 3.37. The van der Waals surface area contributed by atoms with Gasteiger partial charge in [-0.3, -0.25) is 10.1 Å². The van der Waals surface area contributed by atoms with Crippen LogP contribution in [0.4, 0.5) is 18.3 Å². The van der Waals surface area contributed by atoms with E-state index in [1.807, 2.05) is 5.40 Å². The number of thiocyanates is 1. The number of nitrogens with one attached hydrogen (secondary N) is 1.